The second-order valence-corrected chi connectivity index (χ2v) is 7.96. The van der Waals surface area contributed by atoms with Gasteiger partial charge in [0, 0.05) is 5.39 Å². The van der Waals surface area contributed by atoms with E-state index in [0.29, 0.717) is 28.2 Å². The smallest absolute Gasteiger partial charge is 0.307 e. The number of ether oxygens (including phenoxy) is 2. The van der Waals surface area contributed by atoms with Crippen LogP contribution in [0, 0.1) is 9.39 Å². The van der Waals surface area contributed by atoms with Crippen molar-refractivity contribution in [1.82, 2.24) is 5.43 Å². The van der Waals surface area contributed by atoms with Crippen LogP contribution in [-0.4, -0.2) is 19.2 Å². The predicted molar refractivity (Wildman–Crippen MR) is 128 cm³/mol. The molecule has 4 rings (SSSR count). The van der Waals surface area contributed by atoms with Crippen molar-refractivity contribution in [3.8, 4) is 11.5 Å². The van der Waals surface area contributed by atoms with Crippen molar-refractivity contribution in [3.05, 3.63) is 93.0 Å². The number of benzene rings is 3. The first-order chi connectivity index (χ1) is 15.5. The van der Waals surface area contributed by atoms with Crippen molar-refractivity contribution in [2.75, 3.05) is 7.11 Å². The van der Waals surface area contributed by atoms with E-state index in [9.17, 15) is 9.18 Å². The second-order valence-electron chi connectivity index (χ2n) is 6.80. The number of hydrazone groups is 1. The molecule has 0 radical (unpaired) electrons. The molecule has 0 aliphatic heterocycles. The summed E-state index contributed by atoms with van der Waals surface area (Å²) in [5.74, 6) is 0.453. The number of nitrogens with one attached hydrogen (secondary N) is 1. The molecular formula is C24H18FIN2O4. The summed E-state index contributed by atoms with van der Waals surface area (Å²) in [5, 5.41) is 4.85. The number of hydrogen-bond donors (Lipinski definition) is 1. The third-order valence-electron chi connectivity index (χ3n) is 4.55. The Morgan fingerprint density at radius 1 is 1.16 bits per heavy atom. The normalized spacial score (nSPS) is 11.1. The lowest BCUT2D eigenvalue weighted by molar-refractivity contribution is 0.0929. The molecule has 162 valence electrons. The highest BCUT2D eigenvalue weighted by Crippen LogP contribution is 2.34. The third kappa shape index (κ3) is 5.08. The lowest BCUT2D eigenvalue weighted by Gasteiger charge is -2.13. The fraction of sp³-hybridized carbons (Fsp3) is 0.0833. The molecule has 0 aliphatic carbocycles. The summed E-state index contributed by atoms with van der Waals surface area (Å²) >= 11 is 2.12. The molecule has 0 saturated carbocycles. The number of hydrogen-bond acceptors (Lipinski definition) is 5. The van der Waals surface area contributed by atoms with Gasteiger partial charge in [-0.15, -0.1) is 0 Å². The Hall–Kier alpha value is -3.40. The van der Waals surface area contributed by atoms with Gasteiger partial charge < -0.3 is 13.9 Å². The second kappa shape index (κ2) is 9.82. The van der Waals surface area contributed by atoms with E-state index < -0.39 is 5.91 Å². The number of halogens is 2. The highest BCUT2D eigenvalue weighted by molar-refractivity contribution is 14.1. The standard InChI is InChI=1S/C24H18FIN2O4/c1-30-21-11-16(10-19(26)23(21)31-14-15-5-4-7-18(25)9-15)13-27-28-24(29)22-12-17-6-2-3-8-20(17)32-22/h2-13H,14H2,1H3,(H,28,29)/b27-13+. The summed E-state index contributed by atoms with van der Waals surface area (Å²) in [5.41, 5.74) is 4.51. The molecule has 0 unspecified atom stereocenters. The number of nitrogens with zero attached hydrogens (tertiary/aromatic N) is 1. The molecule has 0 aliphatic rings. The van der Waals surface area contributed by atoms with Crippen LogP contribution in [0.5, 0.6) is 11.5 Å². The van der Waals surface area contributed by atoms with Gasteiger partial charge in [0.15, 0.2) is 17.3 Å². The molecule has 4 aromatic rings. The molecule has 0 atom stereocenters. The maximum atomic E-state index is 13.4. The van der Waals surface area contributed by atoms with Crippen LogP contribution in [0.3, 0.4) is 0 Å². The fourth-order valence-corrected chi connectivity index (χ4v) is 3.83. The van der Waals surface area contributed by atoms with Gasteiger partial charge in [-0.25, -0.2) is 9.82 Å². The summed E-state index contributed by atoms with van der Waals surface area (Å²) in [6.07, 6.45) is 1.50. The molecule has 0 saturated heterocycles. The van der Waals surface area contributed by atoms with Crippen molar-refractivity contribution in [3.63, 3.8) is 0 Å². The lowest BCUT2D eigenvalue weighted by atomic mass is 10.2. The van der Waals surface area contributed by atoms with Crippen molar-refractivity contribution < 1.29 is 23.1 Å². The van der Waals surface area contributed by atoms with Gasteiger partial charge in [0.1, 0.15) is 18.0 Å². The first-order valence-electron chi connectivity index (χ1n) is 9.60. The lowest BCUT2D eigenvalue weighted by Crippen LogP contribution is -2.16. The van der Waals surface area contributed by atoms with E-state index in [2.05, 4.69) is 33.1 Å². The number of rotatable bonds is 7. The van der Waals surface area contributed by atoms with Crippen molar-refractivity contribution >= 4 is 45.7 Å². The Morgan fingerprint density at radius 2 is 2.00 bits per heavy atom. The predicted octanol–water partition coefficient (Wildman–Crippen LogP) is 5.53. The molecule has 6 nitrogen and oxygen atoms in total. The van der Waals surface area contributed by atoms with E-state index in [0.717, 1.165) is 8.96 Å². The summed E-state index contributed by atoms with van der Waals surface area (Å²) in [6, 6.07) is 18.8. The topological polar surface area (TPSA) is 73.1 Å². The Bertz CT molecular complexity index is 1270. The van der Waals surface area contributed by atoms with Crippen LogP contribution in [0.15, 0.2) is 76.2 Å². The van der Waals surface area contributed by atoms with Gasteiger partial charge >= 0.3 is 5.91 Å². The number of carbonyl (C=O) groups is 1. The summed E-state index contributed by atoms with van der Waals surface area (Å²) in [6.45, 7) is 0.200. The zero-order valence-electron chi connectivity index (χ0n) is 17.0. The number of para-hydroxylation sites is 1. The highest BCUT2D eigenvalue weighted by atomic mass is 127. The van der Waals surface area contributed by atoms with Gasteiger partial charge in [-0.3, -0.25) is 4.79 Å². The molecule has 8 heteroatoms. The van der Waals surface area contributed by atoms with Gasteiger partial charge in [-0.1, -0.05) is 30.3 Å². The number of methoxy groups -OCH3 is 1. The Kier molecular flexibility index (Phi) is 6.69. The summed E-state index contributed by atoms with van der Waals surface area (Å²) in [4.78, 5) is 12.3. The van der Waals surface area contributed by atoms with E-state index in [-0.39, 0.29) is 18.2 Å². The zero-order valence-corrected chi connectivity index (χ0v) is 19.1. The molecule has 3 aromatic carbocycles. The third-order valence-corrected chi connectivity index (χ3v) is 5.35. The molecule has 1 N–H and O–H groups in total. The van der Waals surface area contributed by atoms with Crippen molar-refractivity contribution in [1.29, 1.82) is 0 Å². The van der Waals surface area contributed by atoms with Gasteiger partial charge in [-0.2, -0.15) is 5.10 Å². The zero-order chi connectivity index (χ0) is 22.5. The van der Waals surface area contributed by atoms with Crippen LogP contribution < -0.4 is 14.9 Å². The van der Waals surface area contributed by atoms with E-state index in [1.165, 1.54) is 25.5 Å². The summed E-state index contributed by atoms with van der Waals surface area (Å²) < 4.78 is 31.0. The largest absolute Gasteiger partial charge is 0.493 e. The first kappa shape index (κ1) is 21.8. The van der Waals surface area contributed by atoms with Crippen LogP contribution in [0.25, 0.3) is 11.0 Å². The van der Waals surface area contributed by atoms with Gasteiger partial charge in [0.2, 0.25) is 0 Å². The molecular weight excluding hydrogens is 526 g/mol. The average molecular weight is 544 g/mol. The van der Waals surface area contributed by atoms with Crippen LogP contribution in [0.2, 0.25) is 0 Å². The van der Waals surface area contributed by atoms with Crippen LogP contribution >= 0.6 is 22.6 Å². The number of furan rings is 1. The van der Waals surface area contributed by atoms with E-state index in [4.69, 9.17) is 13.9 Å². The first-order valence-corrected chi connectivity index (χ1v) is 10.7. The fourth-order valence-electron chi connectivity index (χ4n) is 3.05. The monoisotopic (exact) mass is 544 g/mol. The van der Waals surface area contributed by atoms with E-state index in [1.54, 1.807) is 30.3 Å². The van der Waals surface area contributed by atoms with Gasteiger partial charge in [0.25, 0.3) is 0 Å². The quantitative estimate of drug-likeness (QED) is 0.189. The number of carbonyl (C=O) groups excluding carboxylic acids is 1. The van der Waals surface area contributed by atoms with Crippen LogP contribution in [0.1, 0.15) is 21.7 Å². The molecule has 0 bridgehead atoms. The maximum absolute atomic E-state index is 13.4. The molecule has 32 heavy (non-hydrogen) atoms. The number of fused-ring (bicyclic) bond motifs is 1. The SMILES string of the molecule is COc1cc(/C=N/NC(=O)c2cc3ccccc3o2)cc(I)c1OCc1cccc(F)c1. The molecule has 0 spiro atoms. The van der Waals surface area contributed by atoms with Crippen molar-refractivity contribution in [2.45, 2.75) is 6.61 Å². The Labute approximate surface area is 197 Å². The minimum absolute atomic E-state index is 0.177. The van der Waals surface area contributed by atoms with E-state index >= 15 is 0 Å². The van der Waals surface area contributed by atoms with Crippen LogP contribution in [-0.2, 0) is 6.61 Å². The van der Waals surface area contributed by atoms with Gasteiger partial charge in [-0.05, 0) is 70.1 Å². The van der Waals surface area contributed by atoms with Gasteiger partial charge in [0.05, 0.1) is 16.9 Å². The average Bonchev–Trinajstić information content (AvgIpc) is 3.22. The summed E-state index contributed by atoms with van der Waals surface area (Å²) in [7, 11) is 1.53. The Balaban J connectivity index is 1.44. The number of amides is 1. The maximum Gasteiger partial charge on any atom is 0.307 e. The van der Waals surface area contributed by atoms with Crippen molar-refractivity contribution in [2.24, 2.45) is 5.10 Å². The molecule has 1 heterocycles. The minimum atomic E-state index is -0.450. The molecule has 1 amide bonds. The highest BCUT2D eigenvalue weighted by Gasteiger charge is 2.13. The Morgan fingerprint density at radius 3 is 2.78 bits per heavy atom. The minimum Gasteiger partial charge on any atom is -0.493 e. The molecule has 0 fully saturated rings. The van der Waals surface area contributed by atoms with E-state index in [1.807, 2.05) is 24.3 Å². The van der Waals surface area contributed by atoms with Crippen LogP contribution in [0.4, 0.5) is 4.39 Å². The molecule has 1 aromatic heterocycles.